The fourth-order valence-corrected chi connectivity index (χ4v) is 2.62. The molecule has 1 aromatic rings. The number of H-pyrrole nitrogens is 1. The Kier molecular flexibility index (Phi) is 4.22. The van der Waals surface area contributed by atoms with Crippen molar-refractivity contribution in [1.29, 1.82) is 0 Å². The normalized spacial score (nSPS) is 22.6. The van der Waals surface area contributed by atoms with Gasteiger partial charge in [-0.2, -0.15) is 0 Å². The number of piperidine rings is 1. The van der Waals surface area contributed by atoms with Crippen molar-refractivity contribution in [3.63, 3.8) is 0 Å². The SMILES string of the molecule is CCC1CCN(C(=O)c2c[nH]ccc2=O)C(C(=O)O)C1. The molecule has 1 saturated heterocycles. The maximum atomic E-state index is 12.4. The number of carbonyl (C=O) groups is 2. The average molecular weight is 278 g/mol. The Hall–Kier alpha value is -2.11. The van der Waals surface area contributed by atoms with Crippen LogP contribution in [0.15, 0.2) is 23.3 Å². The first-order valence-electron chi connectivity index (χ1n) is 6.75. The van der Waals surface area contributed by atoms with Gasteiger partial charge in [0.15, 0.2) is 5.43 Å². The molecule has 1 aliphatic heterocycles. The van der Waals surface area contributed by atoms with Crippen LogP contribution < -0.4 is 5.43 Å². The Labute approximate surface area is 116 Å². The maximum absolute atomic E-state index is 12.4. The molecule has 2 N–H and O–H groups in total. The molecule has 2 atom stereocenters. The number of nitrogens with one attached hydrogen (secondary N) is 1. The van der Waals surface area contributed by atoms with Gasteiger partial charge in [0.1, 0.15) is 11.6 Å². The molecular formula is C14H18N2O4. The van der Waals surface area contributed by atoms with Crippen LogP contribution in [-0.4, -0.2) is 39.5 Å². The molecular weight excluding hydrogens is 260 g/mol. The van der Waals surface area contributed by atoms with Crippen LogP contribution in [-0.2, 0) is 4.79 Å². The third kappa shape index (κ3) is 2.74. The van der Waals surface area contributed by atoms with Crippen molar-refractivity contribution in [3.05, 3.63) is 34.2 Å². The molecule has 0 bridgehead atoms. The Balaban J connectivity index is 2.26. The quantitative estimate of drug-likeness (QED) is 0.866. The van der Waals surface area contributed by atoms with E-state index in [1.807, 2.05) is 6.92 Å². The highest BCUT2D eigenvalue weighted by molar-refractivity contribution is 5.96. The zero-order chi connectivity index (χ0) is 14.7. The van der Waals surface area contributed by atoms with Crippen LogP contribution in [0.4, 0.5) is 0 Å². The van der Waals surface area contributed by atoms with Crippen molar-refractivity contribution in [3.8, 4) is 0 Å². The van der Waals surface area contributed by atoms with E-state index >= 15 is 0 Å². The minimum Gasteiger partial charge on any atom is -0.480 e. The van der Waals surface area contributed by atoms with Crippen LogP contribution in [0.3, 0.4) is 0 Å². The molecule has 1 fully saturated rings. The molecule has 2 rings (SSSR count). The summed E-state index contributed by atoms with van der Waals surface area (Å²) in [6, 6.07) is 0.419. The molecule has 0 spiro atoms. The van der Waals surface area contributed by atoms with Crippen LogP contribution in [0.1, 0.15) is 36.5 Å². The van der Waals surface area contributed by atoms with Crippen molar-refractivity contribution in [1.82, 2.24) is 9.88 Å². The van der Waals surface area contributed by atoms with Crippen molar-refractivity contribution in [2.75, 3.05) is 6.54 Å². The first-order valence-corrected chi connectivity index (χ1v) is 6.75. The summed E-state index contributed by atoms with van der Waals surface area (Å²) in [4.78, 5) is 39.4. The van der Waals surface area contributed by atoms with E-state index in [0.717, 1.165) is 12.8 Å². The number of carbonyl (C=O) groups excluding carboxylic acids is 1. The average Bonchev–Trinajstić information content (AvgIpc) is 2.46. The van der Waals surface area contributed by atoms with Gasteiger partial charge in [0.05, 0.1) is 0 Å². The van der Waals surface area contributed by atoms with E-state index in [1.54, 1.807) is 0 Å². The van der Waals surface area contributed by atoms with Gasteiger partial charge in [-0.25, -0.2) is 4.79 Å². The smallest absolute Gasteiger partial charge is 0.326 e. The van der Waals surface area contributed by atoms with Crippen molar-refractivity contribution in [2.45, 2.75) is 32.2 Å². The summed E-state index contributed by atoms with van der Waals surface area (Å²) in [6.07, 6.45) is 4.89. The highest BCUT2D eigenvalue weighted by Crippen LogP contribution is 2.26. The minimum atomic E-state index is -1.01. The molecule has 0 radical (unpaired) electrons. The Morgan fingerprint density at radius 3 is 2.85 bits per heavy atom. The number of carboxylic acid groups (broad SMARTS) is 1. The second-order valence-electron chi connectivity index (χ2n) is 5.07. The summed E-state index contributed by atoms with van der Waals surface area (Å²) in [5.41, 5.74) is -0.399. The second kappa shape index (κ2) is 5.90. The number of hydrogen-bond acceptors (Lipinski definition) is 3. The molecule has 2 heterocycles. The van der Waals surface area contributed by atoms with Gasteiger partial charge in [-0.1, -0.05) is 13.3 Å². The Morgan fingerprint density at radius 2 is 2.25 bits per heavy atom. The molecule has 0 aliphatic carbocycles. The van der Waals surface area contributed by atoms with Gasteiger partial charge in [0, 0.05) is 25.0 Å². The van der Waals surface area contributed by atoms with E-state index in [9.17, 15) is 19.5 Å². The van der Waals surface area contributed by atoms with Gasteiger partial charge < -0.3 is 15.0 Å². The lowest BCUT2D eigenvalue weighted by Gasteiger charge is -2.36. The second-order valence-corrected chi connectivity index (χ2v) is 5.07. The largest absolute Gasteiger partial charge is 0.480 e. The lowest BCUT2D eigenvalue weighted by atomic mass is 9.88. The number of aromatic nitrogens is 1. The van der Waals surface area contributed by atoms with E-state index in [4.69, 9.17) is 0 Å². The predicted molar refractivity (Wildman–Crippen MR) is 72.5 cm³/mol. The monoisotopic (exact) mass is 278 g/mol. The first-order chi connectivity index (χ1) is 9.54. The predicted octanol–water partition coefficient (Wildman–Crippen LogP) is 1.09. The summed E-state index contributed by atoms with van der Waals surface area (Å²) in [5.74, 6) is -1.20. The van der Waals surface area contributed by atoms with Crippen LogP contribution in [0, 0.1) is 5.92 Å². The van der Waals surface area contributed by atoms with E-state index in [2.05, 4.69) is 4.98 Å². The topological polar surface area (TPSA) is 90.5 Å². The molecule has 108 valence electrons. The molecule has 1 aliphatic rings. The number of amides is 1. The van der Waals surface area contributed by atoms with Gasteiger partial charge >= 0.3 is 5.97 Å². The molecule has 20 heavy (non-hydrogen) atoms. The van der Waals surface area contributed by atoms with E-state index in [-0.39, 0.29) is 5.56 Å². The van der Waals surface area contributed by atoms with E-state index in [1.165, 1.54) is 23.4 Å². The number of aromatic amines is 1. The highest BCUT2D eigenvalue weighted by Gasteiger charge is 2.36. The summed E-state index contributed by atoms with van der Waals surface area (Å²) < 4.78 is 0. The van der Waals surface area contributed by atoms with E-state index in [0.29, 0.717) is 18.9 Å². The molecule has 1 amide bonds. The Bertz CT molecular complexity index is 566. The fraction of sp³-hybridized carbons (Fsp3) is 0.500. The van der Waals surface area contributed by atoms with Crippen molar-refractivity contribution in [2.24, 2.45) is 5.92 Å². The number of likely N-dealkylation sites (tertiary alicyclic amines) is 1. The number of nitrogens with zero attached hydrogens (tertiary/aromatic N) is 1. The number of pyridine rings is 1. The number of carboxylic acids is 1. The molecule has 2 unspecified atom stereocenters. The zero-order valence-corrected chi connectivity index (χ0v) is 11.3. The lowest BCUT2D eigenvalue weighted by molar-refractivity contribution is -0.144. The maximum Gasteiger partial charge on any atom is 0.326 e. The van der Waals surface area contributed by atoms with Crippen LogP contribution in [0.5, 0.6) is 0 Å². The lowest BCUT2D eigenvalue weighted by Crippen LogP contribution is -2.50. The third-order valence-electron chi connectivity index (χ3n) is 3.89. The van der Waals surface area contributed by atoms with Gasteiger partial charge in [0.2, 0.25) is 0 Å². The number of rotatable bonds is 3. The summed E-state index contributed by atoms with van der Waals surface area (Å²) in [6.45, 7) is 2.39. The summed E-state index contributed by atoms with van der Waals surface area (Å²) in [5, 5.41) is 9.31. The first kappa shape index (κ1) is 14.3. The zero-order valence-electron chi connectivity index (χ0n) is 11.3. The third-order valence-corrected chi connectivity index (χ3v) is 3.89. The number of hydrogen-bond donors (Lipinski definition) is 2. The van der Waals surface area contributed by atoms with Gasteiger partial charge in [0.25, 0.3) is 5.91 Å². The van der Waals surface area contributed by atoms with Crippen molar-refractivity contribution >= 4 is 11.9 Å². The molecule has 0 saturated carbocycles. The summed E-state index contributed by atoms with van der Waals surface area (Å²) in [7, 11) is 0. The highest BCUT2D eigenvalue weighted by atomic mass is 16.4. The van der Waals surface area contributed by atoms with Crippen molar-refractivity contribution < 1.29 is 14.7 Å². The standard InChI is InChI=1S/C14H18N2O4/c1-2-9-4-6-16(11(7-9)14(19)20)13(18)10-8-15-5-3-12(10)17/h3,5,8-9,11H,2,4,6-7H2,1H3,(H,15,17)(H,19,20). The van der Waals surface area contributed by atoms with Gasteiger partial charge in [-0.15, -0.1) is 0 Å². The minimum absolute atomic E-state index is 0.00583. The van der Waals surface area contributed by atoms with E-state index < -0.39 is 23.3 Å². The molecule has 6 nitrogen and oxygen atoms in total. The Morgan fingerprint density at radius 1 is 1.50 bits per heavy atom. The number of aliphatic carboxylic acids is 1. The van der Waals surface area contributed by atoms with Gasteiger partial charge in [-0.3, -0.25) is 9.59 Å². The molecule has 6 heteroatoms. The molecule has 1 aromatic heterocycles. The summed E-state index contributed by atoms with van der Waals surface area (Å²) >= 11 is 0. The fourth-order valence-electron chi connectivity index (χ4n) is 2.62. The van der Waals surface area contributed by atoms with Gasteiger partial charge in [-0.05, 0) is 18.8 Å². The van der Waals surface area contributed by atoms with Crippen LogP contribution >= 0.6 is 0 Å². The molecule has 0 aromatic carbocycles. The van der Waals surface area contributed by atoms with Crippen LogP contribution in [0.2, 0.25) is 0 Å². The van der Waals surface area contributed by atoms with Crippen LogP contribution in [0.25, 0.3) is 0 Å².